The van der Waals surface area contributed by atoms with Crippen molar-refractivity contribution in [1.29, 1.82) is 0 Å². The predicted octanol–water partition coefficient (Wildman–Crippen LogP) is 7.76. The highest BCUT2D eigenvalue weighted by Crippen LogP contribution is 2.26. The van der Waals surface area contributed by atoms with Crippen molar-refractivity contribution in [2.45, 2.75) is 51.3 Å². The fourth-order valence-electron chi connectivity index (χ4n) is 4.22. The van der Waals surface area contributed by atoms with Crippen LogP contribution in [0, 0.1) is 0 Å². The van der Waals surface area contributed by atoms with Crippen LogP contribution in [0.1, 0.15) is 33.6 Å². The van der Waals surface area contributed by atoms with Gasteiger partial charge in [-0.1, -0.05) is 36.4 Å². The number of pyridine rings is 2. The normalized spacial score (nSPS) is 12.3. The van der Waals surface area contributed by atoms with Crippen LogP contribution in [0.4, 0.5) is 50.8 Å². The summed E-state index contributed by atoms with van der Waals surface area (Å²) in [5, 5.41) is 24.3. The highest BCUT2D eigenvalue weighted by atomic mass is 32.2. The molecule has 0 aliphatic carbocycles. The second kappa shape index (κ2) is 22.6. The van der Waals surface area contributed by atoms with E-state index in [1.165, 1.54) is 0 Å². The summed E-state index contributed by atoms with van der Waals surface area (Å²) in [5.74, 6) is 1.71. The lowest BCUT2D eigenvalue weighted by atomic mass is 10.2. The van der Waals surface area contributed by atoms with Gasteiger partial charge in [-0.3, -0.25) is 9.59 Å². The molecular weight excluding hydrogens is 741 g/mol. The van der Waals surface area contributed by atoms with Crippen LogP contribution in [-0.4, -0.2) is 69.6 Å². The van der Waals surface area contributed by atoms with Crippen LogP contribution in [0.15, 0.2) is 105 Å². The molecule has 0 aliphatic rings. The molecule has 2 atom stereocenters. The highest BCUT2D eigenvalue weighted by Gasteiger charge is 2.24. The lowest BCUT2D eigenvalue weighted by molar-refractivity contribution is -0.118. The number of aromatic nitrogens is 2. The quantitative estimate of drug-likeness (QED) is 0.0635. The van der Waals surface area contributed by atoms with Gasteiger partial charge in [-0.15, -0.1) is 10.2 Å². The van der Waals surface area contributed by atoms with Gasteiger partial charge in [-0.2, -0.15) is 33.8 Å². The van der Waals surface area contributed by atoms with Crippen LogP contribution in [0.3, 0.4) is 0 Å². The summed E-state index contributed by atoms with van der Waals surface area (Å²) in [5.41, 5.74) is 19.2. The molecule has 0 aliphatic heterocycles. The second-order valence-electron chi connectivity index (χ2n) is 12.6. The number of azo groups is 2. The molecule has 292 valence electrons. The molecule has 55 heavy (non-hydrogen) atoms. The molecule has 0 fully saturated rings. The van der Waals surface area contributed by atoms with E-state index in [1.54, 1.807) is 68.6 Å². The third-order valence-corrected chi connectivity index (χ3v) is 8.24. The Balaban J connectivity index is 0.000000305. The molecule has 2 heterocycles. The van der Waals surface area contributed by atoms with E-state index in [1.807, 2.05) is 73.2 Å². The standard InChI is InChI=1S/C21H28N6O3S.C16H20N6OS/c1-21(2,3)30-20(29)23-16(12-13-31-4)19(28)25-17-11-10-15(18(22)24-17)27-26-14-8-6-5-7-9-14;1-24-10-9-12(17)16(23)20-14-8-7-13(15(18)19-14)22-21-11-5-3-2-4-6-11/h5-11,16H,12-13H2,1-4H3,(H,23,29)(H3,22,24,25,28);2-8,12H,9-10,17H2,1H3,(H3,18,19,20,23)/t16-;12-/m00/s1. The molecule has 0 radical (unpaired) electrons. The van der Waals surface area contributed by atoms with Crippen LogP contribution in [0.5, 0.6) is 0 Å². The summed E-state index contributed by atoms with van der Waals surface area (Å²) in [6.07, 6.45) is 4.28. The summed E-state index contributed by atoms with van der Waals surface area (Å²) in [4.78, 5) is 45.1. The SMILES string of the molecule is CSCC[C@H](N)C(=O)Nc1ccc(N=Nc2ccccc2)c(N)n1.CSCC[C@H](NC(=O)OC(C)(C)C)C(=O)Nc1ccc(N=Nc2ccccc2)c(N)n1. The topological polar surface area (TPSA) is 250 Å². The molecule has 9 N–H and O–H groups in total. The average Bonchev–Trinajstić information content (AvgIpc) is 3.15. The Labute approximate surface area is 329 Å². The van der Waals surface area contributed by atoms with Crippen molar-refractivity contribution in [3.8, 4) is 0 Å². The largest absolute Gasteiger partial charge is 0.444 e. The minimum Gasteiger partial charge on any atom is -0.444 e. The number of nitrogens with one attached hydrogen (secondary N) is 3. The first-order valence-corrected chi connectivity index (χ1v) is 19.9. The van der Waals surface area contributed by atoms with E-state index in [0.717, 1.165) is 5.75 Å². The van der Waals surface area contributed by atoms with Gasteiger partial charge in [0.1, 0.15) is 34.7 Å². The number of anilines is 4. The van der Waals surface area contributed by atoms with Crippen molar-refractivity contribution in [3.63, 3.8) is 0 Å². The zero-order chi connectivity index (χ0) is 40.2. The van der Waals surface area contributed by atoms with Crippen molar-refractivity contribution in [1.82, 2.24) is 15.3 Å². The maximum Gasteiger partial charge on any atom is 0.408 e. The Morgan fingerprint density at radius 1 is 0.691 bits per heavy atom. The fraction of sp³-hybridized carbons (Fsp3) is 0.324. The third kappa shape index (κ3) is 16.5. The van der Waals surface area contributed by atoms with E-state index >= 15 is 0 Å². The molecule has 3 amide bonds. The van der Waals surface area contributed by atoms with Crippen LogP contribution >= 0.6 is 23.5 Å². The van der Waals surface area contributed by atoms with Crippen LogP contribution in [-0.2, 0) is 14.3 Å². The first-order valence-electron chi connectivity index (χ1n) is 17.1. The Morgan fingerprint density at radius 3 is 1.58 bits per heavy atom. The zero-order valence-electron chi connectivity index (χ0n) is 31.4. The number of benzene rings is 2. The van der Waals surface area contributed by atoms with Gasteiger partial charge in [0.05, 0.1) is 17.4 Å². The molecule has 0 unspecified atom stereocenters. The number of nitrogens with two attached hydrogens (primary N) is 3. The second-order valence-corrected chi connectivity index (χ2v) is 14.6. The summed E-state index contributed by atoms with van der Waals surface area (Å²) >= 11 is 3.21. The number of carbonyl (C=O) groups is 3. The Kier molecular flexibility index (Phi) is 18.0. The molecule has 0 saturated heterocycles. The Morgan fingerprint density at radius 2 is 1.15 bits per heavy atom. The summed E-state index contributed by atoms with van der Waals surface area (Å²) in [6.45, 7) is 5.27. The van der Waals surface area contributed by atoms with Gasteiger partial charge in [-0.05, 0) is 106 Å². The molecule has 0 spiro atoms. The Hall–Kier alpha value is -5.59. The average molecular weight is 789 g/mol. The zero-order valence-corrected chi connectivity index (χ0v) is 33.1. The predicted molar refractivity (Wildman–Crippen MR) is 223 cm³/mol. The van der Waals surface area contributed by atoms with Crippen molar-refractivity contribution in [3.05, 3.63) is 84.9 Å². The van der Waals surface area contributed by atoms with Crippen LogP contribution < -0.4 is 33.2 Å². The molecule has 18 heteroatoms. The molecule has 4 aromatic rings. The van der Waals surface area contributed by atoms with Crippen molar-refractivity contribution >= 4 is 87.5 Å². The number of hydrogen-bond donors (Lipinski definition) is 6. The minimum atomic E-state index is -0.775. The lowest BCUT2D eigenvalue weighted by Crippen LogP contribution is -2.46. The first kappa shape index (κ1) is 43.8. The summed E-state index contributed by atoms with van der Waals surface area (Å²) < 4.78 is 5.25. The number of nitrogens with zero attached hydrogens (tertiary/aromatic N) is 6. The number of thioether (sulfide) groups is 2. The van der Waals surface area contributed by atoms with E-state index in [4.69, 9.17) is 21.9 Å². The van der Waals surface area contributed by atoms with Gasteiger partial charge in [0.2, 0.25) is 11.8 Å². The lowest BCUT2D eigenvalue weighted by Gasteiger charge is -2.23. The molecule has 4 rings (SSSR count). The number of nitrogen functional groups attached to an aromatic ring is 2. The molecule has 2 aromatic carbocycles. The van der Waals surface area contributed by atoms with E-state index in [9.17, 15) is 14.4 Å². The number of carbonyl (C=O) groups excluding carboxylic acids is 3. The van der Waals surface area contributed by atoms with E-state index < -0.39 is 29.7 Å². The smallest absolute Gasteiger partial charge is 0.408 e. The van der Waals surface area contributed by atoms with Gasteiger partial charge in [-0.25, -0.2) is 14.8 Å². The van der Waals surface area contributed by atoms with Gasteiger partial charge < -0.3 is 37.9 Å². The molecule has 0 bridgehead atoms. The monoisotopic (exact) mass is 788 g/mol. The van der Waals surface area contributed by atoms with Crippen molar-refractivity contribution in [2.24, 2.45) is 26.2 Å². The minimum absolute atomic E-state index is 0.123. The van der Waals surface area contributed by atoms with Crippen LogP contribution in [0.2, 0.25) is 0 Å². The van der Waals surface area contributed by atoms with Crippen molar-refractivity contribution in [2.75, 3.05) is 46.1 Å². The first-order chi connectivity index (χ1) is 26.3. The van der Waals surface area contributed by atoms with Gasteiger partial charge in [0, 0.05) is 0 Å². The van der Waals surface area contributed by atoms with E-state index in [0.29, 0.717) is 47.2 Å². The van der Waals surface area contributed by atoms with E-state index in [-0.39, 0.29) is 23.4 Å². The van der Waals surface area contributed by atoms with Crippen molar-refractivity contribution < 1.29 is 19.1 Å². The number of rotatable bonds is 15. The maximum absolute atomic E-state index is 12.7. The number of amides is 3. The van der Waals surface area contributed by atoms with Gasteiger partial charge >= 0.3 is 6.09 Å². The van der Waals surface area contributed by atoms with Crippen LogP contribution in [0.25, 0.3) is 0 Å². The molecule has 2 aromatic heterocycles. The Bertz CT molecular complexity index is 1890. The highest BCUT2D eigenvalue weighted by molar-refractivity contribution is 7.98. The van der Waals surface area contributed by atoms with E-state index in [2.05, 4.69) is 46.4 Å². The number of ether oxygens (including phenoxy) is 1. The van der Waals surface area contributed by atoms with Gasteiger partial charge in [0.25, 0.3) is 0 Å². The summed E-state index contributed by atoms with van der Waals surface area (Å²) in [7, 11) is 0. The fourth-order valence-corrected chi connectivity index (χ4v) is 5.18. The number of alkyl carbamates (subject to hydrolysis) is 1. The maximum atomic E-state index is 12.7. The molecule has 16 nitrogen and oxygen atoms in total. The summed E-state index contributed by atoms with van der Waals surface area (Å²) in [6, 6.07) is 23.6. The molecular formula is C37H48N12O4S2. The molecule has 0 saturated carbocycles. The number of hydrogen-bond acceptors (Lipinski definition) is 15. The van der Waals surface area contributed by atoms with Gasteiger partial charge in [0.15, 0.2) is 11.6 Å². The third-order valence-electron chi connectivity index (χ3n) is 6.95.